The molecule has 0 aliphatic rings. The van der Waals surface area contributed by atoms with E-state index >= 15 is 0 Å². The molecule has 0 radical (unpaired) electrons. The summed E-state index contributed by atoms with van der Waals surface area (Å²) in [6, 6.07) is 12.5. The highest BCUT2D eigenvalue weighted by atomic mass is 35.5. The van der Waals surface area contributed by atoms with Crippen LogP contribution in [0.5, 0.6) is 11.5 Å². The van der Waals surface area contributed by atoms with Gasteiger partial charge in [-0.25, -0.2) is 0 Å². The normalized spacial score (nSPS) is 10.2. The van der Waals surface area contributed by atoms with Crippen LogP contribution >= 0.6 is 11.6 Å². The molecule has 28 heavy (non-hydrogen) atoms. The van der Waals surface area contributed by atoms with Crippen LogP contribution < -0.4 is 14.8 Å². The topological polar surface area (TPSA) is 73.9 Å². The van der Waals surface area contributed by atoms with Gasteiger partial charge < -0.3 is 19.5 Å². The minimum Gasteiger partial charge on any atom is -0.490 e. The van der Waals surface area contributed by atoms with Gasteiger partial charge in [0.05, 0.1) is 19.6 Å². The molecule has 6 nitrogen and oxygen atoms in total. The van der Waals surface area contributed by atoms with Crippen LogP contribution in [0.1, 0.15) is 25.0 Å². The van der Waals surface area contributed by atoms with E-state index in [2.05, 4.69) is 5.32 Å². The van der Waals surface area contributed by atoms with Crippen molar-refractivity contribution < 1.29 is 23.8 Å². The minimum atomic E-state index is -0.500. The first-order valence-electron chi connectivity index (χ1n) is 9.07. The Hall–Kier alpha value is -2.73. The number of hydrogen-bond donors (Lipinski definition) is 1. The molecule has 0 aliphatic heterocycles. The largest absolute Gasteiger partial charge is 0.490 e. The zero-order chi connectivity index (χ0) is 20.4. The molecule has 2 aromatic rings. The van der Waals surface area contributed by atoms with Crippen LogP contribution in [0, 0.1) is 0 Å². The Bertz CT molecular complexity index is 809. The smallest absolute Gasteiger partial charge is 0.310 e. The third kappa shape index (κ3) is 6.78. The van der Waals surface area contributed by atoms with Gasteiger partial charge in [0.15, 0.2) is 18.1 Å². The van der Waals surface area contributed by atoms with Crippen molar-refractivity contribution in [1.82, 2.24) is 5.32 Å². The van der Waals surface area contributed by atoms with Gasteiger partial charge in [0.2, 0.25) is 0 Å². The SMILES string of the molecule is CCOc1ccc(CC(=O)OCC(=O)NCc2ccccc2Cl)cc1OCC. The average Bonchev–Trinajstić information content (AvgIpc) is 2.68. The van der Waals surface area contributed by atoms with Crippen molar-refractivity contribution in [3.05, 3.63) is 58.6 Å². The molecule has 0 unspecified atom stereocenters. The quantitative estimate of drug-likeness (QED) is 0.612. The van der Waals surface area contributed by atoms with Gasteiger partial charge in [-0.2, -0.15) is 0 Å². The zero-order valence-electron chi connectivity index (χ0n) is 16.0. The van der Waals surface area contributed by atoms with Gasteiger partial charge in [0.25, 0.3) is 5.91 Å². The van der Waals surface area contributed by atoms with Crippen LogP contribution in [-0.2, 0) is 27.3 Å². The predicted octanol–water partition coefficient (Wildman–Crippen LogP) is 3.54. The molecule has 0 aliphatic carbocycles. The van der Waals surface area contributed by atoms with Gasteiger partial charge in [0.1, 0.15) is 0 Å². The highest BCUT2D eigenvalue weighted by Crippen LogP contribution is 2.28. The molecule has 0 spiro atoms. The maximum Gasteiger partial charge on any atom is 0.310 e. The number of rotatable bonds is 10. The lowest BCUT2D eigenvalue weighted by Crippen LogP contribution is -2.28. The van der Waals surface area contributed by atoms with E-state index in [1.807, 2.05) is 32.0 Å². The van der Waals surface area contributed by atoms with E-state index in [4.69, 9.17) is 25.8 Å². The molecule has 0 fully saturated rings. The lowest BCUT2D eigenvalue weighted by Gasteiger charge is -2.12. The number of benzene rings is 2. The van der Waals surface area contributed by atoms with Crippen LogP contribution in [0.2, 0.25) is 5.02 Å². The first-order chi connectivity index (χ1) is 13.5. The molecular formula is C21H24ClNO5. The van der Waals surface area contributed by atoms with Crippen molar-refractivity contribution in [3.63, 3.8) is 0 Å². The molecule has 2 rings (SSSR count). The Morgan fingerprint density at radius 2 is 1.71 bits per heavy atom. The molecule has 0 saturated heterocycles. The Labute approximate surface area is 169 Å². The average molecular weight is 406 g/mol. The second-order valence-electron chi connectivity index (χ2n) is 5.85. The summed E-state index contributed by atoms with van der Waals surface area (Å²) >= 11 is 6.04. The van der Waals surface area contributed by atoms with Crippen molar-refractivity contribution in [3.8, 4) is 11.5 Å². The van der Waals surface area contributed by atoms with Crippen LogP contribution in [-0.4, -0.2) is 31.7 Å². The van der Waals surface area contributed by atoms with E-state index in [0.717, 1.165) is 5.56 Å². The number of carbonyl (C=O) groups is 2. The monoisotopic (exact) mass is 405 g/mol. The van der Waals surface area contributed by atoms with Crippen LogP contribution in [0.4, 0.5) is 0 Å². The maximum atomic E-state index is 12.0. The molecule has 0 aromatic heterocycles. The summed E-state index contributed by atoms with van der Waals surface area (Å²) in [5.74, 6) is 0.307. The molecule has 150 valence electrons. The van der Waals surface area contributed by atoms with Gasteiger partial charge in [-0.1, -0.05) is 35.9 Å². The van der Waals surface area contributed by atoms with Gasteiger partial charge >= 0.3 is 5.97 Å². The number of ether oxygens (including phenoxy) is 3. The number of amides is 1. The minimum absolute atomic E-state index is 0.0320. The van der Waals surface area contributed by atoms with Crippen LogP contribution in [0.15, 0.2) is 42.5 Å². The standard InChI is InChI=1S/C21H24ClNO5/c1-3-26-18-10-9-15(11-19(18)27-4-2)12-21(25)28-14-20(24)23-13-16-7-5-6-8-17(16)22/h5-11H,3-4,12-14H2,1-2H3,(H,23,24). The summed E-state index contributed by atoms with van der Waals surface area (Å²) < 4.78 is 16.1. The number of nitrogens with one attached hydrogen (secondary N) is 1. The molecule has 7 heteroatoms. The molecular weight excluding hydrogens is 382 g/mol. The van der Waals surface area contributed by atoms with Crippen molar-refractivity contribution in [2.24, 2.45) is 0 Å². The lowest BCUT2D eigenvalue weighted by atomic mass is 10.1. The van der Waals surface area contributed by atoms with Crippen molar-refractivity contribution in [2.45, 2.75) is 26.8 Å². The maximum absolute atomic E-state index is 12.0. The van der Waals surface area contributed by atoms with Gasteiger partial charge in [-0.3, -0.25) is 9.59 Å². The highest BCUT2D eigenvalue weighted by Gasteiger charge is 2.12. The fourth-order valence-electron chi connectivity index (χ4n) is 2.46. The summed E-state index contributed by atoms with van der Waals surface area (Å²) in [5, 5.41) is 3.24. The van der Waals surface area contributed by atoms with E-state index in [9.17, 15) is 9.59 Å². The number of carbonyl (C=O) groups excluding carboxylic acids is 2. The summed E-state index contributed by atoms with van der Waals surface area (Å²) in [4.78, 5) is 23.9. The predicted molar refractivity (Wildman–Crippen MR) is 107 cm³/mol. The summed E-state index contributed by atoms with van der Waals surface area (Å²) in [7, 11) is 0. The molecule has 2 aromatic carbocycles. The number of hydrogen-bond acceptors (Lipinski definition) is 5. The van der Waals surface area contributed by atoms with Gasteiger partial charge in [-0.15, -0.1) is 0 Å². The molecule has 0 heterocycles. The Morgan fingerprint density at radius 3 is 2.43 bits per heavy atom. The molecule has 0 saturated carbocycles. The van der Waals surface area contributed by atoms with Gasteiger partial charge in [-0.05, 0) is 43.2 Å². The first-order valence-corrected chi connectivity index (χ1v) is 9.45. The Morgan fingerprint density at radius 1 is 1.00 bits per heavy atom. The molecule has 1 N–H and O–H groups in total. The van der Waals surface area contributed by atoms with Crippen LogP contribution in [0.25, 0.3) is 0 Å². The number of esters is 1. The van der Waals surface area contributed by atoms with E-state index < -0.39 is 11.9 Å². The third-order valence-corrected chi connectivity index (χ3v) is 4.12. The van der Waals surface area contributed by atoms with E-state index in [1.165, 1.54) is 0 Å². The zero-order valence-corrected chi connectivity index (χ0v) is 16.8. The van der Waals surface area contributed by atoms with Crippen LogP contribution in [0.3, 0.4) is 0 Å². The molecule has 0 atom stereocenters. The first kappa shape index (κ1) is 21.6. The second-order valence-corrected chi connectivity index (χ2v) is 6.26. The fraction of sp³-hybridized carbons (Fsp3) is 0.333. The van der Waals surface area contributed by atoms with Crippen molar-refractivity contribution >= 4 is 23.5 Å². The highest BCUT2D eigenvalue weighted by molar-refractivity contribution is 6.31. The van der Waals surface area contributed by atoms with Crippen molar-refractivity contribution in [1.29, 1.82) is 0 Å². The Balaban J connectivity index is 1.82. The summed E-state index contributed by atoms with van der Waals surface area (Å²) in [5.41, 5.74) is 1.51. The summed E-state index contributed by atoms with van der Waals surface area (Å²) in [6.07, 6.45) is 0.0320. The second kappa shape index (κ2) is 11.2. The van der Waals surface area contributed by atoms with E-state index in [-0.39, 0.29) is 19.6 Å². The molecule has 1 amide bonds. The molecule has 0 bridgehead atoms. The van der Waals surface area contributed by atoms with E-state index in [0.29, 0.717) is 35.3 Å². The van der Waals surface area contributed by atoms with E-state index in [1.54, 1.807) is 24.3 Å². The van der Waals surface area contributed by atoms with Gasteiger partial charge in [0, 0.05) is 11.6 Å². The third-order valence-electron chi connectivity index (χ3n) is 3.75. The number of halogens is 1. The summed E-state index contributed by atoms with van der Waals surface area (Å²) in [6.45, 7) is 4.69. The lowest BCUT2D eigenvalue weighted by molar-refractivity contribution is -0.147. The Kier molecular flexibility index (Phi) is 8.62. The fourth-order valence-corrected chi connectivity index (χ4v) is 2.66. The van der Waals surface area contributed by atoms with Crippen molar-refractivity contribution in [2.75, 3.05) is 19.8 Å².